The monoisotopic (exact) mass is 350 g/mol. The van der Waals surface area contributed by atoms with Gasteiger partial charge in [0.2, 0.25) is 0 Å². The van der Waals surface area contributed by atoms with Gasteiger partial charge in [0.15, 0.2) is 0 Å². The van der Waals surface area contributed by atoms with E-state index in [1.807, 2.05) is 18.9 Å². The maximum absolute atomic E-state index is 12.3. The number of carbonyl (C=O) groups is 1. The van der Waals surface area contributed by atoms with Gasteiger partial charge in [0.05, 0.1) is 29.2 Å². The Morgan fingerprint density at radius 1 is 1.38 bits per heavy atom. The van der Waals surface area contributed by atoms with E-state index in [1.165, 1.54) is 19.3 Å². The van der Waals surface area contributed by atoms with Crippen LogP contribution in [-0.2, 0) is 4.74 Å². The number of hydrogen-bond donors (Lipinski definition) is 0. The molecule has 4 nitrogen and oxygen atoms in total. The van der Waals surface area contributed by atoms with E-state index in [0.29, 0.717) is 23.1 Å². The highest BCUT2D eigenvalue weighted by Crippen LogP contribution is 2.28. The number of ether oxygens (including phenoxy) is 1. The molecule has 0 aliphatic heterocycles. The van der Waals surface area contributed by atoms with Gasteiger partial charge in [-0.2, -0.15) is 0 Å². The van der Waals surface area contributed by atoms with Gasteiger partial charge < -0.3 is 9.64 Å². The second kappa shape index (κ2) is 9.07. The number of nitrogens with zero attached hydrogens (tertiary/aromatic N) is 2. The number of benzene rings is 1. The lowest BCUT2D eigenvalue weighted by Gasteiger charge is -2.21. The van der Waals surface area contributed by atoms with Crippen LogP contribution >= 0.6 is 11.6 Å². The van der Waals surface area contributed by atoms with Gasteiger partial charge in [0.1, 0.15) is 0 Å². The lowest BCUT2D eigenvalue weighted by Crippen LogP contribution is -2.17. The largest absolute Gasteiger partial charge is 0.462 e. The summed E-state index contributed by atoms with van der Waals surface area (Å²) in [4.78, 5) is 18.7. The topological polar surface area (TPSA) is 41.9 Å². The predicted octanol–water partition coefficient (Wildman–Crippen LogP) is 5.00. The number of hydrogen-bond acceptors (Lipinski definition) is 3. The summed E-state index contributed by atoms with van der Waals surface area (Å²) in [7, 11) is 1.96. The smallest absolute Gasteiger partial charge is 0.339 e. The molecule has 24 heavy (non-hydrogen) atoms. The van der Waals surface area contributed by atoms with Crippen LogP contribution in [-0.4, -0.2) is 37.4 Å². The first-order valence-electron chi connectivity index (χ1n) is 8.73. The lowest BCUT2D eigenvalue weighted by atomic mass is 9.90. The lowest BCUT2D eigenvalue weighted by molar-refractivity contribution is 0.0410. The van der Waals surface area contributed by atoms with Crippen molar-refractivity contribution in [2.24, 2.45) is 10.9 Å². The van der Waals surface area contributed by atoms with Crippen LogP contribution in [0.3, 0.4) is 0 Å². The number of esters is 1. The SMILES string of the molecule is CCN(C)C=Nc1cc(Cl)c(C(=O)OCC2CCCCC2)cc1C. The molecule has 2 rings (SSSR count). The van der Waals surface area contributed by atoms with E-state index < -0.39 is 0 Å². The predicted molar refractivity (Wildman–Crippen MR) is 99.5 cm³/mol. The second-order valence-electron chi connectivity index (χ2n) is 6.54. The van der Waals surface area contributed by atoms with Crippen LogP contribution < -0.4 is 0 Å². The Labute approximate surface area is 149 Å². The minimum atomic E-state index is -0.338. The Morgan fingerprint density at radius 2 is 2.08 bits per heavy atom. The van der Waals surface area contributed by atoms with Crippen LogP contribution in [0.1, 0.15) is 54.9 Å². The summed E-state index contributed by atoms with van der Waals surface area (Å²) in [5.41, 5.74) is 2.10. The van der Waals surface area contributed by atoms with Gasteiger partial charge >= 0.3 is 5.97 Å². The molecule has 1 aliphatic carbocycles. The average Bonchev–Trinajstić information content (AvgIpc) is 2.60. The molecule has 1 fully saturated rings. The molecular formula is C19H27ClN2O2. The molecule has 5 heteroatoms. The third-order valence-electron chi connectivity index (χ3n) is 4.57. The standard InChI is InChI=1S/C19H27ClN2O2/c1-4-22(3)13-21-18-11-17(20)16(10-14(18)2)19(23)24-12-15-8-6-5-7-9-15/h10-11,13,15H,4-9,12H2,1-3H3. The van der Waals surface area contributed by atoms with Crippen LogP contribution in [0.25, 0.3) is 0 Å². The van der Waals surface area contributed by atoms with Crippen molar-refractivity contribution in [3.63, 3.8) is 0 Å². The van der Waals surface area contributed by atoms with Crippen molar-refractivity contribution >= 4 is 29.6 Å². The van der Waals surface area contributed by atoms with Crippen molar-refractivity contribution in [3.8, 4) is 0 Å². The summed E-state index contributed by atoms with van der Waals surface area (Å²) in [6, 6.07) is 3.50. The van der Waals surface area contributed by atoms with E-state index in [2.05, 4.69) is 11.9 Å². The van der Waals surface area contributed by atoms with Gasteiger partial charge in [-0.1, -0.05) is 30.9 Å². The quantitative estimate of drug-likeness (QED) is 0.412. The first-order chi connectivity index (χ1) is 11.5. The van der Waals surface area contributed by atoms with Crippen molar-refractivity contribution < 1.29 is 9.53 Å². The third kappa shape index (κ3) is 5.23. The zero-order chi connectivity index (χ0) is 17.5. The maximum atomic E-state index is 12.3. The molecule has 0 spiro atoms. The molecule has 0 amide bonds. The Balaban J connectivity index is 2.03. The molecule has 0 radical (unpaired) electrons. The Bertz CT molecular complexity index is 595. The first-order valence-corrected chi connectivity index (χ1v) is 9.10. The molecule has 1 aromatic rings. The highest BCUT2D eigenvalue weighted by atomic mass is 35.5. The molecule has 1 aliphatic rings. The van der Waals surface area contributed by atoms with E-state index in [0.717, 1.165) is 30.6 Å². The number of carbonyl (C=O) groups excluding carboxylic acids is 1. The molecule has 0 bridgehead atoms. The summed E-state index contributed by atoms with van der Waals surface area (Å²) in [5, 5.41) is 0.389. The van der Waals surface area contributed by atoms with E-state index >= 15 is 0 Å². The maximum Gasteiger partial charge on any atom is 0.339 e. The number of rotatable bonds is 6. The first kappa shape index (κ1) is 18.8. The Kier molecular flexibility index (Phi) is 7.10. The highest BCUT2D eigenvalue weighted by Gasteiger charge is 2.18. The van der Waals surface area contributed by atoms with Crippen molar-refractivity contribution in [1.29, 1.82) is 0 Å². The van der Waals surface area contributed by atoms with Gasteiger partial charge in [0.25, 0.3) is 0 Å². The fourth-order valence-corrected chi connectivity index (χ4v) is 3.07. The molecule has 0 aromatic heterocycles. The van der Waals surface area contributed by atoms with Crippen molar-refractivity contribution in [2.75, 3.05) is 20.2 Å². The van der Waals surface area contributed by atoms with Crippen LogP contribution in [0.4, 0.5) is 5.69 Å². The van der Waals surface area contributed by atoms with Gasteiger partial charge in [-0.3, -0.25) is 0 Å². The summed E-state index contributed by atoms with van der Waals surface area (Å²) in [6.07, 6.45) is 7.84. The minimum Gasteiger partial charge on any atom is -0.462 e. The zero-order valence-corrected chi connectivity index (χ0v) is 15.6. The van der Waals surface area contributed by atoms with Crippen LogP contribution in [0.2, 0.25) is 5.02 Å². The van der Waals surface area contributed by atoms with Crippen molar-refractivity contribution in [3.05, 3.63) is 28.3 Å². The summed E-state index contributed by atoms with van der Waals surface area (Å²) >= 11 is 6.28. The van der Waals surface area contributed by atoms with E-state index in [9.17, 15) is 4.79 Å². The van der Waals surface area contributed by atoms with Crippen LogP contribution in [0.15, 0.2) is 17.1 Å². The van der Waals surface area contributed by atoms with Crippen molar-refractivity contribution in [2.45, 2.75) is 46.0 Å². The Morgan fingerprint density at radius 3 is 2.75 bits per heavy atom. The van der Waals surface area contributed by atoms with Gasteiger partial charge in [-0.25, -0.2) is 9.79 Å². The highest BCUT2D eigenvalue weighted by molar-refractivity contribution is 6.33. The van der Waals surface area contributed by atoms with E-state index in [1.54, 1.807) is 18.5 Å². The summed E-state index contributed by atoms with van der Waals surface area (Å²) in [6.45, 7) is 5.35. The number of aryl methyl sites for hydroxylation is 1. The Hall–Kier alpha value is -1.55. The fourth-order valence-electron chi connectivity index (χ4n) is 2.83. The molecule has 0 atom stereocenters. The second-order valence-corrected chi connectivity index (χ2v) is 6.95. The van der Waals surface area contributed by atoms with E-state index in [-0.39, 0.29) is 5.97 Å². The minimum absolute atomic E-state index is 0.338. The fraction of sp³-hybridized carbons (Fsp3) is 0.579. The molecule has 0 N–H and O–H groups in total. The summed E-state index contributed by atoms with van der Waals surface area (Å²) in [5.74, 6) is 0.158. The molecule has 1 saturated carbocycles. The van der Waals surface area contributed by atoms with Crippen LogP contribution in [0.5, 0.6) is 0 Å². The van der Waals surface area contributed by atoms with Crippen molar-refractivity contribution in [1.82, 2.24) is 4.90 Å². The third-order valence-corrected chi connectivity index (χ3v) is 4.89. The number of halogens is 1. The van der Waals surface area contributed by atoms with Gasteiger partial charge in [0, 0.05) is 13.6 Å². The average molecular weight is 351 g/mol. The molecule has 1 aromatic carbocycles. The molecule has 0 heterocycles. The molecule has 0 saturated heterocycles. The molecular weight excluding hydrogens is 324 g/mol. The van der Waals surface area contributed by atoms with Gasteiger partial charge in [-0.05, 0) is 50.3 Å². The van der Waals surface area contributed by atoms with Crippen LogP contribution in [0, 0.1) is 12.8 Å². The normalized spacial score (nSPS) is 15.7. The zero-order valence-electron chi connectivity index (χ0n) is 14.8. The van der Waals surface area contributed by atoms with E-state index in [4.69, 9.17) is 16.3 Å². The number of aliphatic imine (C=N–C) groups is 1. The van der Waals surface area contributed by atoms with Gasteiger partial charge in [-0.15, -0.1) is 0 Å². The molecule has 0 unspecified atom stereocenters. The summed E-state index contributed by atoms with van der Waals surface area (Å²) < 4.78 is 5.49. The molecule has 132 valence electrons.